The summed E-state index contributed by atoms with van der Waals surface area (Å²) in [6.07, 6.45) is 1.57. The number of benzene rings is 1. The number of likely N-dealkylation sites (N-methyl/N-ethyl adjacent to an activating group) is 1. The predicted octanol–water partition coefficient (Wildman–Crippen LogP) is 2.91. The van der Waals surface area contributed by atoms with E-state index in [1.807, 2.05) is 19.1 Å². The van der Waals surface area contributed by atoms with Crippen molar-refractivity contribution in [3.63, 3.8) is 0 Å². The van der Waals surface area contributed by atoms with Crippen molar-refractivity contribution in [2.24, 2.45) is 0 Å². The molecule has 0 bridgehead atoms. The highest BCUT2D eigenvalue weighted by Crippen LogP contribution is 2.21. The van der Waals surface area contributed by atoms with E-state index in [4.69, 9.17) is 0 Å². The highest BCUT2D eigenvalue weighted by Gasteiger charge is 2.08. The van der Waals surface area contributed by atoms with E-state index in [9.17, 15) is 5.11 Å². The van der Waals surface area contributed by atoms with Crippen LogP contribution in [0.3, 0.4) is 0 Å². The fourth-order valence-electron chi connectivity index (χ4n) is 2.10. The van der Waals surface area contributed by atoms with Crippen LogP contribution in [-0.4, -0.2) is 43.7 Å². The van der Waals surface area contributed by atoms with Gasteiger partial charge in [-0.1, -0.05) is 26.0 Å². The summed E-state index contributed by atoms with van der Waals surface area (Å²) in [5, 5.41) is 9.82. The molecule has 0 amide bonds. The van der Waals surface area contributed by atoms with Crippen molar-refractivity contribution >= 4 is 5.69 Å². The van der Waals surface area contributed by atoms with Crippen LogP contribution in [0.5, 0.6) is 0 Å². The van der Waals surface area contributed by atoms with Crippen molar-refractivity contribution < 1.29 is 5.11 Å². The second-order valence-corrected chi connectivity index (χ2v) is 5.31. The molecule has 1 rings (SSSR count). The standard InChI is InChI=1S/C16H28N2O/c1-5-11-18(13-12-17(3)4)15-9-7-14(8-10-15)16(19)6-2/h7-10,16,19H,5-6,11-13H2,1-4H3. The van der Waals surface area contributed by atoms with E-state index in [-0.39, 0.29) is 6.10 Å². The van der Waals surface area contributed by atoms with Gasteiger partial charge in [-0.2, -0.15) is 0 Å². The Balaban J connectivity index is 2.73. The maximum atomic E-state index is 9.82. The third-order valence-corrected chi connectivity index (χ3v) is 3.34. The fraction of sp³-hybridized carbons (Fsp3) is 0.625. The summed E-state index contributed by atoms with van der Waals surface area (Å²) in [5.74, 6) is 0. The lowest BCUT2D eigenvalue weighted by atomic mass is 10.1. The lowest BCUT2D eigenvalue weighted by Crippen LogP contribution is -2.32. The molecule has 1 aromatic rings. The van der Waals surface area contributed by atoms with Gasteiger partial charge in [-0.3, -0.25) is 0 Å². The summed E-state index contributed by atoms with van der Waals surface area (Å²) in [6.45, 7) is 7.37. The fourth-order valence-corrected chi connectivity index (χ4v) is 2.10. The molecule has 0 spiro atoms. The maximum absolute atomic E-state index is 9.82. The Labute approximate surface area is 117 Å². The first-order valence-electron chi connectivity index (χ1n) is 7.26. The summed E-state index contributed by atoms with van der Waals surface area (Å²) in [5.41, 5.74) is 2.26. The summed E-state index contributed by atoms with van der Waals surface area (Å²) >= 11 is 0. The molecule has 108 valence electrons. The van der Waals surface area contributed by atoms with Gasteiger partial charge < -0.3 is 14.9 Å². The van der Waals surface area contributed by atoms with Gasteiger partial charge in [0.1, 0.15) is 0 Å². The molecule has 1 unspecified atom stereocenters. The van der Waals surface area contributed by atoms with Crippen molar-refractivity contribution in [1.82, 2.24) is 4.90 Å². The van der Waals surface area contributed by atoms with Crippen molar-refractivity contribution in [3.05, 3.63) is 29.8 Å². The Kier molecular flexibility index (Phi) is 6.89. The van der Waals surface area contributed by atoms with Crippen LogP contribution in [0.15, 0.2) is 24.3 Å². The van der Waals surface area contributed by atoms with Gasteiger partial charge in [-0.15, -0.1) is 0 Å². The van der Waals surface area contributed by atoms with Crippen LogP contribution in [0.25, 0.3) is 0 Å². The number of hydrogen-bond donors (Lipinski definition) is 1. The quantitative estimate of drug-likeness (QED) is 0.782. The molecule has 0 aliphatic carbocycles. The predicted molar refractivity (Wildman–Crippen MR) is 82.8 cm³/mol. The summed E-state index contributed by atoms with van der Waals surface area (Å²) in [6, 6.07) is 8.34. The second kappa shape index (κ2) is 8.18. The van der Waals surface area contributed by atoms with Crippen LogP contribution < -0.4 is 4.90 Å². The molecule has 1 aromatic carbocycles. The first-order chi connectivity index (χ1) is 9.08. The zero-order chi connectivity index (χ0) is 14.3. The second-order valence-electron chi connectivity index (χ2n) is 5.31. The minimum atomic E-state index is -0.338. The Morgan fingerprint density at radius 3 is 2.11 bits per heavy atom. The monoisotopic (exact) mass is 264 g/mol. The molecule has 3 nitrogen and oxygen atoms in total. The van der Waals surface area contributed by atoms with Crippen molar-refractivity contribution in [3.8, 4) is 0 Å². The number of anilines is 1. The van der Waals surface area contributed by atoms with E-state index < -0.39 is 0 Å². The topological polar surface area (TPSA) is 26.7 Å². The van der Waals surface area contributed by atoms with E-state index in [2.05, 4.69) is 43.0 Å². The van der Waals surface area contributed by atoms with Crippen LogP contribution in [0, 0.1) is 0 Å². The summed E-state index contributed by atoms with van der Waals surface area (Å²) in [4.78, 5) is 4.61. The summed E-state index contributed by atoms with van der Waals surface area (Å²) in [7, 11) is 4.20. The average molecular weight is 264 g/mol. The molecule has 1 atom stereocenters. The van der Waals surface area contributed by atoms with Crippen LogP contribution >= 0.6 is 0 Å². The highest BCUT2D eigenvalue weighted by atomic mass is 16.3. The number of rotatable bonds is 8. The van der Waals surface area contributed by atoms with Crippen molar-refractivity contribution in [2.75, 3.05) is 38.6 Å². The number of aliphatic hydroxyl groups is 1. The van der Waals surface area contributed by atoms with E-state index >= 15 is 0 Å². The van der Waals surface area contributed by atoms with Gasteiger partial charge in [0.05, 0.1) is 6.10 Å². The molecular weight excluding hydrogens is 236 g/mol. The SMILES string of the molecule is CCCN(CCN(C)C)c1ccc(C(O)CC)cc1. The van der Waals surface area contributed by atoms with E-state index in [1.54, 1.807) is 0 Å². The molecule has 19 heavy (non-hydrogen) atoms. The van der Waals surface area contributed by atoms with Gasteiger partial charge in [0.2, 0.25) is 0 Å². The zero-order valence-corrected chi connectivity index (χ0v) is 12.8. The van der Waals surface area contributed by atoms with E-state index in [0.717, 1.165) is 38.0 Å². The Morgan fingerprint density at radius 1 is 1.00 bits per heavy atom. The molecule has 0 aliphatic rings. The van der Waals surface area contributed by atoms with Crippen molar-refractivity contribution in [2.45, 2.75) is 32.8 Å². The molecule has 0 aromatic heterocycles. The molecule has 0 radical (unpaired) electrons. The molecule has 3 heteroatoms. The van der Waals surface area contributed by atoms with Crippen LogP contribution in [0.2, 0.25) is 0 Å². The largest absolute Gasteiger partial charge is 0.388 e. The first-order valence-corrected chi connectivity index (χ1v) is 7.26. The van der Waals surface area contributed by atoms with Gasteiger partial charge >= 0.3 is 0 Å². The lowest BCUT2D eigenvalue weighted by molar-refractivity contribution is 0.173. The number of nitrogens with zero attached hydrogens (tertiary/aromatic N) is 2. The molecule has 0 saturated carbocycles. The highest BCUT2D eigenvalue weighted by molar-refractivity contribution is 5.48. The molecule has 0 heterocycles. The summed E-state index contributed by atoms with van der Waals surface area (Å²) < 4.78 is 0. The van der Waals surface area contributed by atoms with E-state index in [0.29, 0.717) is 0 Å². The van der Waals surface area contributed by atoms with E-state index in [1.165, 1.54) is 5.69 Å². The Morgan fingerprint density at radius 2 is 1.63 bits per heavy atom. The van der Waals surface area contributed by atoms with Crippen molar-refractivity contribution in [1.29, 1.82) is 0 Å². The van der Waals surface area contributed by atoms with Gasteiger partial charge in [0.25, 0.3) is 0 Å². The smallest absolute Gasteiger partial charge is 0.0787 e. The zero-order valence-electron chi connectivity index (χ0n) is 12.8. The van der Waals surface area contributed by atoms with Crippen LogP contribution in [-0.2, 0) is 0 Å². The van der Waals surface area contributed by atoms with Gasteiger partial charge in [0, 0.05) is 25.3 Å². The molecular formula is C16H28N2O. The van der Waals surface area contributed by atoms with Crippen LogP contribution in [0.1, 0.15) is 38.4 Å². The molecule has 0 fully saturated rings. The number of hydrogen-bond acceptors (Lipinski definition) is 3. The molecule has 0 aliphatic heterocycles. The molecule has 0 saturated heterocycles. The average Bonchev–Trinajstić information content (AvgIpc) is 2.42. The minimum absolute atomic E-state index is 0.338. The third-order valence-electron chi connectivity index (χ3n) is 3.34. The normalized spacial score (nSPS) is 12.7. The third kappa shape index (κ3) is 5.21. The van der Waals surface area contributed by atoms with Gasteiger partial charge in [0.15, 0.2) is 0 Å². The van der Waals surface area contributed by atoms with Gasteiger partial charge in [-0.05, 0) is 44.6 Å². The maximum Gasteiger partial charge on any atom is 0.0787 e. The lowest BCUT2D eigenvalue weighted by Gasteiger charge is -2.26. The van der Waals surface area contributed by atoms with Crippen LogP contribution in [0.4, 0.5) is 5.69 Å². The Bertz CT molecular complexity index is 348. The minimum Gasteiger partial charge on any atom is -0.388 e. The number of aliphatic hydroxyl groups excluding tert-OH is 1. The molecule has 1 N–H and O–H groups in total. The Hall–Kier alpha value is -1.06. The first kappa shape index (κ1) is 16.0. The van der Waals surface area contributed by atoms with Gasteiger partial charge in [-0.25, -0.2) is 0 Å².